The summed E-state index contributed by atoms with van der Waals surface area (Å²) in [6, 6.07) is 18.4. The second-order valence-corrected chi connectivity index (χ2v) is 6.87. The topological polar surface area (TPSA) is 63.5 Å². The summed E-state index contributed by atoms with van der Waals surface area (Å²) in [5.74, 6) is 1.62. The van der Waals surface area contributed by atoms with Crippen molar-refractivity contribution in [2.75, 3.05) is 13.7 Å². The van der Waals surface area contributed by atoms with Crippen molar-refractivity contribution >= 4 is 5.96 Å². The monoisotopic (exact) mass is 391 g/mol. The molecule has 0 saturated heterocycles. The van der Waals surface area contributed by atoms with Crippen LogP contribution in [0.1, 0.15) is 29.4 Å². The lowest BCUT2D eigenvalue weighted by molar-refractivity contribution is 0.414. The third-order valence-corrected chi connectivity index (χ3v) is 4.57. The lowest BCUT2D eigenvalue weighted by Gasteiger charge is -2.15. The maximum Gasteiger partial charge on any atom is 0.191 e. The van der Waals surface area contributed by atoms with Crippen molar-refractivity contribution < 1.29 is 4.74 Å². The Bertz CT molecular complexity index is 977. The second kappa shape index (κ2) is 9.78. The van der Waals surface area contributed by atoms with E-state index in [-0.39, 0.29) is 0 Å². The number of methoxy groups -OCH3 is 1. The van der Waals surface area contributed by atoms with Crippen LogP contribution in [0, 0.1) is 13.8 Å². The van der Waals surface area contributed by atoms with Gasteiger partial charge >= 0.3 is 0 Å². The Morgan fingerprint density at radius 3 is 2.62 bits per heavy atom. The Morgan fingerprint density at radius 2 is 1.90 bits per heavy atom. The van der Waals surface area contributed by atoms with Crippen LogP contribution in [0.15, 0.2) is 59.6 Å². The zero-order chi connectivity index (χ0) is 20.6. The van der Waals surface area contributed by atoms with Crippen LogP contribution in [0.3, 0.4) is 0 Å². The summed E-state index contributed by atoms with van der Waals surface area (Å²) in [5, 5.41) is 11.4. The highest BCUT2D eigenvalue weighted by Gasteiger charge is 2.09. The number of nitrogens with one attached hydrogen (secondary N) is 2. The van der Waals surface area contributed by atoms with E-state index in [0.717, 1.165) is 46.5 Å². The van der Waals surface area contributed by atoms with Gasteiger partial charge in [-0.25, -0.2) is 9.67 Å². The third-order valence-electron chi connectivity index (χ3n) is 4.57. The number of rotatable bonds is 7. The molecule has 6 heteroatoms. The van der Waals surface area contributed by atoms with Gasteiger partial charge in [0.1, 0.15) is 5.75 Å². The van der Waals surface area contributed by atoms with Gasteiger partial charge in [0.25, 0.3) is 0 Å². The highest BCUT2D eigenvalue weighted by atomic mass is 16.5. The van der Waals surface area contributed by atoms with Crippen LogP contribution in [0.5, 0.6) is 5.75 Å². The van der Waals surface area contributed by atoms with Crippen LogP contribution in [0.25, 0.3) is 5.69 Å². The molecule has 0 aliphatic heterocycles. The van der Waals surface area contributed by atoms with Crippen molar-refractivity contribution in [3.05, 3.63) is 77.1 Å². The minimum Gasteiger partial charge on any atom is -0.497 e. The standard InChI is InChI=1S/C23H29N5O/c1-5-24-23(25-15-19-9-8-11-21(14-19)29-4)26-16-20-10-6-7-12-22(20)28-18(3)13-17(2)27-28/h6-14H,5,15-16H2,1-4H3,(H2,24,25,26). The minimum atomic E-state index is 0.575. The highest BCUT2D eigenvalue weighted by Crippen LogP contribution is 2.17. The molecule has 152 valence electrons. The van der Waals surface area contributed by atoms with Gasteiger partial charge in [0.2, 0.25) is 0 Å². The Labute approximate surface area is 172 Å². The Morgan fingerprint density at radius 1 is 1.07 bits per heavy atom. The SMILES string of the molecule is CCNC(=NCc1cccc(OC)c1)NCc1ccccc1-n1nc(C)cc1C. The van der Waals surface area contributed by atoms with Crippen LogP contribution < -0.4 is 15.4 Å². The van der Waals surface area contributed by atoms with Crippen molar-refractivity contribution in [2.24, 2.45) is 4.99 Å². The number of hydrogen-bond acceptors (Lipinski definition) is 3. The summed E-state index contributed by atoms with van der Waals surface area (Å²) in [4.78, 5) is 4.71. The molecular weight excluding hydrogens is 362 g/mol. The molecule has 0 amide bonds. The number of aryl methyl sites for hydroxylation is 2. The van der Waals surface area contributed by atoms with Gasteiger partial charge in [-0.15, -0.1) is 0 Å². The predicted molar refractivity (Wildman–Crippen MR) is 118 cm³/mol. The average molecular weight is 392 g/mol. The normalized spacial score (nSPS) is 11.4. The largest absolute Gasteiger partial charge is 0.497 e. The summed E-state index contributed by atoms with van der Waals surface area (Å²) in [6.07, 6.45) is 0. The lowest BCUT2D eigenvalue weighted by Crippen LogP contribution is -2.37. The molecule has 0 aliphatic carbocycles. The molecule has 0 fully saturated rings. The van der Waals surface area contributed by atoms with Crippen molar-refractivity contribution in [3.63, 3.8) is 0 Å². The number of hydrogen-bond donors (Lipinski definition) is 2. The number of guanidine groups is 1. The summed E-state index contributed by atoms with van der Waals surface area (Å²) in [6.45, 7) is 8.17. The fourth-order valence-electron chi connectivity index (χ4n) is 3.20. The van der Waals surface area contributed by atoms with Crippen molar-refractivity contribution in [1.82, 2.24) is 20.4 Å². The molecule has 1 heterocycles. The number of benzene rings is 2. The van der Waals surface area contributed by atoms with Gasteiger partial charge in [-0.05, 0) is 56.2 Å². The van der Waals surface area contributed by atoms with Gasteiger partial charge in [-0.2, -0.15) is 5.10 Å². The van der Waals surface area contributed by atoms with Gasteiger partial charge in [-0.3, -0.25) is 0 Å². The Balaban J connectivity index is 1.75. The molecule has 0 atom stereocenters. The Hall–Kier alpha value is -3.28. The van der Waals surface area contributed by atoms with Crippen LogP contribution in [-0.2, 0) is 13.1 Å². The second-order valence-electron chi connectivity index (χ2n) is 6.87. The van der Waals surface area contributed by atoms with E-state index in [9.17, 15) is 0 Å². The maximum atomic E-state index is 5.29. The van der Waals surface area contributed by atoms with Gasteiger partial charge in [0.15, 0.2) is 5.96 Å². The summed E-state index contributed by atoms with van der Waals surface area (Å²) in [5.41, 5.74) is 5.47. The van der Waals surface area contributed by atoms with Crippen molar-refractivity contribution in [2.45, 2.75) is 33.9 Å². The molecule has 2 aromatic carbocycles. The van der Waals surface area contributed by atoms with E-state index in [2.05, 4.69) is 47.8 Å². The number of aliphatic imine (C=N–C) groups is 1. The first-order valence-corrected chi connectivity index (χ1v) is 9.87. The fourth-order valence-corrected chi connectivity index (χ4v) is 3.20. The predicted octanol–water partition coefficient (Wildman–Crippen LogP) is 3.75. The van der Waals surface area contributed by atoms with E-state index in [0.29, 0.717) is 13.1 Å². The smallest absolute Gasteiger partial charge is 0.191 e. The number of ether oxygens (including phenoxy) is 1. The van der Waals surface area contributed by atoms with E-state index in [1.54, 1.807) is 7.11 Å². The van der Waals surface area contributed by atoms with Crippen LogP contribution in [-0.4, -0.2) is 29.4 Å². The molecule has 3 rings (SSSR count). The van der Waals surface area contributed by atoms with E-state index in [1.807, 2.05) is 48.0 Å². The molecule has 0 bridgehead atoms. The maximum absolute atomic E-state index is 5.29. The molecule has 0 spiro atoms. The summed E-state index contributed by atoms with van der Waals surface area (Å²) < 4.78 is 7.29. The van der Waals surface area contributed by atoms with Crippen LogP contribution >= 0.6 is 0 Å². The molecule has 29 heavy (non-hydrogen) atoms. The fraction of sp³-hybridized carbons (Fsp3) is 0.304. The molecule has 0 saturated carbocycles. The first kappa shape index (κ1) is 20.5. The van der Waals surface area contributed by atoms with Gasteiger partial charge in [0, 0.05) is 18.8 Å². The number of para-hydroxylation sites is 1. The van der Waals surface area contributed by atoms with E-state index in [4.69, 9.17) is 9.73 Å². The minimum absolute atomic E-state index is 0.575. The molecular formula is C23H29N5O. The molecule has 0 radical (unpaired) electrons. The van der Waals surface area contributed by atoms with E-state index < -0.39 is 0 Å². The lowest BCUT2D eigenvalue weighted by atomic mass is 10.1. The number of nitrogens with zero attached hydrogens (tertiary/aromatic N) is 3. The Kier molecular flexibility index (Phi) is 6.89. The van der Waals surface area contributed by atoms with Crippen molar-refractivity contribution in [3.8, 4) is 11.4 Å². The van der Waals surface area contributed by atoms with Crippen LogP contribution in [0.4, 0.5) is 0 Å². The zero-order valence-corrected chi connectivity index (χ0v) is 17.6. The average Bonchev–Trinajstić information content (AvgIpc) is 3.08. The molecule has 3 aromatic rings. The van der Waals surface area contributed by atoms with Crippen LogP contribution in [0.2, 0.25) is 0 Å². The molecule has 6 nitrogen and oxygen atoms in total. The van der Waals surface area contributed by atoms with E-state index >= 15 is 0 Å². The number of aromatic nitrogens is 2. The summed E-state index contributed by atoms with van der Waals surface area (Å²) in [7, 11) is 1.67. The van der Waals surface area contributed by atoms with Gasteiger partial charge in [0.05, 0.1) is 25.0 Å². The third kappa shape index (κ3) is 5.38. The highest BCUT2D eigenvalue weighted by molar-refractivity contribution is 5.79. The summed E-state index contributed by atoms with van der Waals surface area (Å²) >= 11 is 0. The molecule has 0 unspecified atom stereocenters. The molecule has 2 N–H and O–H groups in total. The van der Waals surface area contributed by atoms with Crippen molar-refractivity contribution in [1.29, 1.82) is 0 Å². The molecule has 1 aromatic heterocycles. The van der Waals surface area contributed by atoms with Gasteiger partial charge in [-0.1, -0.05) is 30.3 Å². The zero-order valence-electron chi connectivity index (χ0n) is 17.6. The quantitative estimate of drug-likeness (QED) is 0.476. The first-order chi connectivity index (χ1) is 14.1. The first-order valence-electron chi connectivity index (χ1n) is 9.87. The van der Waals surface area contributed by atoms with Gasteiger partial charge < -0.3 is 15.4 Å². The van der Waals surface area contributed by atoms with E-state index in [1.165, 1.54) is 0 Å². The molecule has 0 aliphatic rings.